The molecular weight excluding hydrogens is 306 g/mol. The van der Waals surface area contributed by atoms with Crippen LogP contribution in [0.3, 0.4) is 0 Å². The van der Waals surface area contributed by atoms with Crippen LogP contribution in [0.5, 0.6) is 0 Å². The van der Waals surface area contributed by atoms with Gasteiger partial charge in [-0.15, -0.1) is 0 Å². The SMILES string of the molecule is c1cc2cccc3c4cc(-c5cn[nH]n5)cc5cccc(c(c1)c23)c54. The van der Waals surface area contributed by atoms with Gasteiger partial charge in [-0.3, -0.25) is 0 Å². The Kier molecular flexibility index (Phi) is 2.35. The summed E-state index contributed by atoms with van der Waals surface area (Å²) in [5.41, 5.74) is 1.96. The third-order valence-corrected chi connectivity index (χ3v) is 5.17. The quantitative estimate of drug-likeness (QED) is 0.320. The molecule has 0 saturated carbocycles. The molecular formula is C22H13N3. The summed E-state index contributed by atoms with van der Waals surface area (Å²) in [6.07, 6.45) is 1.77. The van der Waals surface area contributed by atoms with Crippen molar-refractivity contribution in [3.05, 3.63) is 72.9 Å². The van der Waals surface area contributed by atoms with Gasteiger partial charge in [-0.2, -0.15) is 15.4 Å². The van der Waals surface area contributed by atoms with Crippen LogP contribution in [0.2, 0.25) is 0 Å². The number of benzene rings is 5. The van der Waals surface area contributed by atoms with Crippen molar-refractivity contribution in [2.75, 3.05) is 0 Å². The Morgan fingerprint density at radius 3 is 1.96 bits per heavy atom. The molecule has 0 unspecified atom stereocenters. The highest BCUT2D eigenvalue weighted by atomic mass is 15.3. The number of hydrogen-bond acceptors (Lipinski definition) is 2. The molecule has 1 heterocycles. The number of nitrogens with zero attached hydrogens (tertiary/aromatic N) is 2. The van der Waals surface area contributed by atoms with Crippen LogP contribution in [0.25, 0.3) is 54.3 Å². The molecule has 3 heteroatoms. The highest BCUT2D eigenvalue weighted by molar-refractivity contribution is 6.33. The number of aromatic amines is 1. The molecule has 0 bridgehead atoms. The van der Waals surface area contributed by atoms with E-state index in [1.54, 1.807) is 6.20 Å². The first-order chi connectivity index (χ1) is 12.4. The van der Waals surface area contributed by atoms with Gasteiger partial charge in [-0.25, -0.2) is 0 Å². The topological polar surface area (TPSA) is 41.6 Å². The largest absolute Gasteiger partial charge is 0.197 e. The first-order valence-corrected chi connectivity index (χ1v) is 8.35. The van der Waals surface area contributed by atoms with Crippen LogP contribution in [0.15, 0.2) is 72.9 Å². The van der Waals surface area contributed by atoms with Crippen molar-refractivity contribution in [2.24, 2.45) is 0 Å². The van der Waals surface area contributed by atoms with Crippen LogP contribution in [0, 0.1) is 0 Å². The Morgan fingerprint density at radius 1 is 0.640 bits per heavy atom. The van der Waals surface area contributed by atoms with Gasteiger partial charge in [0, 0.05) is 5.56 Å². The molecule has 25 heavy (non-hydrogen) atoms. The Balaban J connectivity index is 1.94. The van der Waals surface area contributed by atoms with E-state index in [1.807, 2.05) is 0 Å². The number of rotatable bonds is 1. The van der Waals surface area contributed by atoms with Crippen molar-refractivity contribution in [2.45, 2.75) is 0 Å². The number of H-pyrrole nitrogens is 1. The first-order valence-electron chi connectivity index (χ1n) is 8.35. The summed E-state index contributed by atoms with van der Waals surface area (Å²) < 4.78 is 0. The number of hydrogen-bond donors (Lipinski definition) is 1. The van der Waals surface area contributed by atoms with Crippen molar-refractivity contribution in [3.63, 3.8) is 0 Å². The maximum absolute atomic E-state index is 4.27. The fraction of sp³-hybridized carbons (Fsp3) is 0. The number of fused-ring (bicyclic) bond motifs is 2. The van der Waals surface area contributed by atoms with Crippen LogP contribution >= 0.6 is 0 Å². The lowest BCUT2D eigenvalue weighted by atomic mass is 9.88. The van der Waals surface area contributed by atoms with Crippen molar-refractivity contribution in [1.29, 1.82) is 0 Å². The minimum atomic E-state index is 0.870. The molecule has 0 aliphatic carbocycles. The zero-order valence-corrected chi connectivity index (χ0v) is 13.3. The highest BCUT2D eigenvalue weighted by Gasteiger charge is 2.14. The second-order valence-electron chi connectivity index (χ2n) is 6.49. The molecule has 1 N–H and O–H groups in total. The van der Waals surface area contributed by atoms with Crippen molar-refractivity contribution >= 4 is 43.1 Å². The van der Waals surface area contributed by atoms with Crippen LogP contribution in [-0.4, -0.2) is 15.4 Å². The van der Waals surface area contributed by atoms with Crippen molar-refractivity contribution < 1.29 is 0 Å². The molecule has 0 aliphatic rings. The molecule has 0 spiro atoms. The number of nitrogens with one attached hydrogen (secondary N) is 1. The predicted molar refractivity (Wildman–Crippen MR) is 103 cm³/mol. The summed E-state index contributed by atoms with van der Waals surface area (Å²) in [5, 5.41) is 21.3. The van der Waals surface area contributed by atoms with Gasteiger partial charge in [0.05, 0.1) is 6.20 Å². The van der Waals surface area contributed by atoms with Gasteiger partial charge in [0.25, 0.3) is 0 Å². The number of aromatic nitrogens is 3. The lowest BCUT2D eigenvalue weighted by Gasteiger charge is -2.15. The molecule has 0 amide bonds. The van der Waals surface area contributed by atoms with E-state index in [1.165, 1.54) is 43.1 Å². The summed E-state index contributed by atoms with van der Waals surface area (Å²) in [6.45, 7) is 0. The molecule has 0 fully saturated rings. The van der Waals surface area contributed by atoms with E-state index in [0.717, 1.165) is 11.3 Å². The van der Waals surface area contributed by atoms with E-state index in [-0.39, 0.29) is 0 Å². The summed E-state index contributed by atoms with van der Waals surface area (Å²) >= 11 is 0. The molecule has 1 aromatic heterocycles. The van der Waals surface area contributed by atoms with E-state index in [0.29, 0.717) is 0 Å². The molecule has 5 aromatic carbocycles. The van der Waals surface area contributed by atoms with Gasteiger partial charge in [0.15, 0.2) is 0 Å². The van der Waals surface area contributed by atoms with E-state index in [9.17, 15) is 0 Å². The summed E-state index contributed by atoms with van der Waals surface area (Å²) in [6, 6.07) is 24.1. The van der Waals surface area contributed by atoms with Gasteiger partial charge < -0.3 is 0 Å². The van der Waals surface area contributed by atoms with Gasteiger partial charge in [0.1, 0.15) is 5.69 Å². The molecule has 6 aromatic rings. The third kappa shape index (κ3) is 1.64. The fourth-order valence-corrected chi connectivity index (χ4v) is 4.14. The molecule has 0 atom stereocenters. The average Bonchev–Trinajstić information content (AvgIpc) is 3.20. The standard InChI is InChI=1S/C22H13N3/c1-4-13-5-2-9-18-19-11-15(20-12-23-25-24-20)10-14-6-3-8-17(22(14)19)16(7-1)21(13)18/h1-12H,(H,23,24,25). The maximum atomic E-state index is 4.27. The van der Waals surface area contributed by atoms with Crippen LogP contribution in [-0.2, 0) is 0 Å². The normalized spacial score (nSPS) is 12.0. The smallest absolute Gasteiger partial charge is 0.112 e. The second-order valence-corrected chi connectivity index (χ2v) is 6.49. The zero-order chi connectivity index (χ0) is 16.4. The van der Waals surface area contributed by atoms with Crippen molar-refractivity contribution in [3.8, 4) is 11.3 Å². The molecule has 3 nitrogen and oxygen atoms in total. The summed E-state index contributed by atoms with van der Waals surface area (Å²) in [5.74, 6) is 0. The monoisotopic (exact) mass is 319 g/mol. The second kappa shape index (κ2) is 4.54. The Labute approximate surface area is 143 Å². The van der Waals surface area contributed by atoms with Crippen LogP contribution in [0.1, 0.15) is 0 Å². The minimum absolute atomic E-state index is 0.870. The van der Waals surface area contributed by atoms with Gasteiger partial charge in [0.2, 0.25) is 0 Å². The molecule has 0 saturated heterocycles. The summed E-state index contributed by atoms with van der Waals surface area (Å²) in [7, 11) is 0. The minimum Gasteiger partial charge on any atom is -0.197 e. The molecule has 116 valence electrons. The fourth-order valence-electron chi connectivity index (χ4n) is 4.14. The van der Waals surface area contributed by atoms with E-state index < -0.39 is 0 Å². The highest BCUT2D eigenvalue weighted by Crippen LogP contribution is 2.41. The molecule has 0 aliphatic heterocycles. The molecule has 6 rings (SSSR count). The zero-order valence-electron chi connectivity index (χ0n) is 13.3. The van der Waals surface area contributed by atoms with E-state index in [4.69, 9.17) is 0 Å². The van der Waals surface area contributed by atoms with Crippen LogP contribution in [0.4, 0.5) is 0 Å². The maximum Gasteiger partial charge on any atom is 0.112 e. The third-order valence-electron chi connectivity index (χ3n) is 5.17. The Morgan fingerprint density at radius 2 is 1.28 bits per heavy atom. The summed E-state index contributed by atoms with van der Waals surface area (Å²) in [4.78, 5) is 0. The average molecular weight is 319 g/mol. The Bertz CT molecular complexity index is 1380. The van der Waals surface area contributed by atoms with Crippen LogP contribution < -0.4 is 0 Å². The predicted octanol–water partition coefficient (Wildman–Crippen LogP) is 5.52. The molecule has 0 radical (unpaired) electrons. The Hall–Kier alpha value is -3.46. The van der Waals surface area contributed by atoms with E-state index >= 15 is 0 Å². The lowest BCUT2D eigenvalue weighted by molar-refractivity contribution is 0.942. The van der Waals surface area contributed by atoms with Gasteiger partial charge >= 0.3 is 0 Å². The van der Waals surface area contributed by atoms with Gasteiger partial charge in [-0.1, -0.05) is 54.6 Å². The van der Waals surface area contributed by atoms with E-state index in [2.05, 4.69) is 82.1 Å². The van der Waals surface area contributed by atoms with Crippen molar-refractivity contribution in [1.82, 2.24) is 15.4 Å². The first kappa shape index (κ1) is 12.9. The lowest BCUT2D eigenvalue weighted by Crippen LogP contribution is -1.88. The van der Waals surface area contributed by atoms with Gasteiger partial charge in [-0.05, 0) is 55.2 Å².